The molecule has 2 heteroatoms. The average Bonchev–Trinajstić information content (AvgIpc) is 2.48. The minimum Gasteiger partial charge on any atom is -0.330 e. The summed E-state index contributed by atoms with van der Waals surface area (Å²) in [5.41, 5.74) is 8.01. The van der Waals surface area contributed by atoms with E-state index in [1.807, 2.05) is 0 Å². The van der Waals surface area contributed by atoms with Crippen molar-refractivity contribution in [3.05, 3.63) is 11.6 Å². The van der Waals surface area contributed by atoms with Gasteiger partial charge >= 0.3 is 0 Å². The molecule has 3 unspecified atom stereocenters. The Labute approximate surface area is 120 Å². The zero-order valence-corrected chi connectivity index (χ0v) is 13.4. The van der Waals surface area contributed by atoms with Gasteiger partial charge in [0.15, 0.2) is 0 Å². The molecule has 98 valence electrons. The van der Waals surface area contributed by atoms with Crippen LogP contribution in [-0.4, -0.2) is 10.5 Å². The van der Waals surface area contributed by atoms with Crippen molar-refractivity contribution >= 4 is 22.6 Å². The Morgan fingerprint density at radius 2 is 2.24 bits per heavy atom. The van der Waals surface area contributed by atoms with Crippen LogP contribution >= 0.6 is 22.6 Å². The van der Waals surface area contributed by atoms with Crippen molar-refractivity contribution in [2.75, 3.05) is 6.54 Å². The van der Waals surface area contributed by atoms with Crippen LogP contribution in [-0.2, 0) is 0 Å². The fourth-order valence-electron chi connectivity index (χ4n) is 3.63. The summed E-state index contributed by atoms with van der Waals surface area (Å²) in [6, 6.07) is 0. The SMILES string of the molecule is CC1CC2C=C(C[C@@]1(C)CCN)C(I)CCC2. The van der Waals surface area contributed by atoms with Gasteiger partial charge in [-0.05, 0) is 55.9 Å². The van der Waals surface area contributed by atoms with Crippen LogP contribution in [0.15, 0.2) is 11.6 Å². The van der Waals surface area contributed by atoms with Crippen LogP contribution in [0.2, 0.25) is 0 Å². The Morgan fingerprint density at radius 1 is 1.47 bits per heavy atom. The molecule has 1 nitrogen and oxygen atoms in total. The van der Waals surface area contributed by atoms with Gasteiger partial charge in [0.1, 0.15) is 0 Å². The van der Waals surface area contributed by atoms with E-state index >= 15 is 0 Å². The summed E-state index contributed by atoms with van der Waals surface area (Å²) in [6.45, 7) is 5.75. The lowest BCUT2D eigenvalue weighted by atomic mass is 9.69. The van der Waals surface area contributed by atoms with E-state index in [1.165, 1.54) is 38.5 Å². The van der Waals surface area contributed by atoms with Crippen molar-refractivity contribution in [3.63, 3.8) is 0 Å². The minimum absolute atomic E-state index is 0.441. The normalized spacial score (nSPS) is 42.6. The third-order valence-electron chi connectivity index (χ3n) is 5.05. The lowest BCUT2D eigenvalue weighted by Gasteiger charge is -2.37. The molecular weight excluding hydrogens is 321 g/mol. The standard InChI is InChI=1S/C15H26IN/c1-11-8-12-4-3-5-14(16)13(9-12)10-15(11,2)6-7-17/h9,11-12,14H,3-8,10,17H2,1-2H3/t11?,12?,14?,15-/m1/s1. The maximum absolute atomic E-state index is 5.84. The Morgan fingerprint density at radius 3 is 2.94 bits per heavy atom. The first-order valence-corrected chi connectivity index (χ1v) is 8.34. The molecule has 0 amide bonds. The molecule has 0 fully saturated rings. The summed E-state index contributed by atoms with van der Waals surface area (Å²) < 4.78 is 0.778. The Balaban J connectivity index is 2.22. The van der Waals surface area contributed by atoms with E-state index in [2.05, 4.69) is 42.5 Å². The molecule has 0 radical (unpaired) electrons. The number of fused-ring (bicyclic) bond motifs is 1. The first-order valence-electron chi connectivity index (χ1n) is 7.10. The minimum atomic E-state index is 0.441. The molecule has 17 heavy (non-hydrogen) atoms. The number of hydrogen-bond donors (Lipinski definition) is 1. The first kappa shape index (κ1) is 13.9. The first-order chi connectivity index (χ1) is 8.05. The van der Waals surface area contributed by atoms with E-state index in [0.29, 0.717) is 5.41 Å². The predicted molar refractivity (Wildman–Crippen MR) is 83.4 cm³/mol. The third-order valence-corrected chi connectivity index (χ3v) is 6.48. The van der Waals surface area contributed by atoms with E-state index in [4.69, 9.17) is 5.73 Å². The molecule has 0 aromatic heterocycles. The molecule has 2 rings (SSSR count). The molecule has 0 heterocycles. The number of allylic oxidation sites excluding steroid dienone is 2. The fraction of sp³-hybridized carbons (Fsp3) is 0.867. The van der Waals surface area contributed by atoms with Gasteiger partial charge in [0.25, 0.3) is 0 Å². The zero-order valence-electron chi connectivity index (χ0n) is 11.2. The molecule has 0 aliphatic heterocycles. The maximum Gasteiger partial charge on any atom is 0.0319 e. The van der Waals surface area contributed by atoms with E-state index < -0.39 is 0 Å². The van der Waals surface area contributed by atoms with Gasteiger partial charge in [0.2, 0.25) is 0 Å². The average molecular weight is 347 g/mol. The van der Waals surface area contributed by atoms with Crippen molar-refractivity contribution in [1.82, 2.24) is 0 Å². The zero-order chi connectivity index (χ0) is 12.5. The van der Waals surface area contributed by atoms with Crippen molar-refractivity contribution in [3.8, 4) is 0 Å². The largest absolute Gasteiger partial charge is 0.330 e. The van der Waals surface area contributed by atoms with Crippen molar-refractivity contribution in [2.45, 2.75) is 56.3 Å². The molecule has 2 aliphatic rings. The molecule has 0 saturated heterocycles. The Kier molecular flexibility index (Phi) is 4.56. The number of halogens is 1. The second-order valence-corrected chi connectivity index (χ2v) is 7.91. The number of alkyl halides is 1. The van der Waals surface area contributed by atoms with Crippen LogP contribution < -0.4 is 5.73 Å². The summed E-state index contributed by atoms with van der Waals surface area (Å²) in [4.78, 5) is 0. The molecule has 0 aromatic rings. The molecule has 0 saturated carbocycles. The van der Waals surface area contributed by atoms with Gasteiger partial charge in [-0.3, -0.25) is 0 Å². The molecular formula is C15H26IN. The topological polar surface area (TPSA) is 26.0 Å². The second kappa shape index (κ2) is 5.60. The highest BCUT2D eigenvalue weighted by atomic mass is 127. The van der Waals surface area contributed by atoms with Crippen molar-refractivity contribution < 1.29 is 0 Å². The molecule has 2 bridgehead atoms. The third kappa shape index (κ3) is 3.06. The highest BCUT2D eigenvalue weighted by Gasteiger charge is 2.37. The lowest BCUT2D eigenvalue weighted by Crippen LogP contribution is -2.30. The quantitative estimate of drug-likeness (QED) is 0.450. The molecule has 4 atom stereocenters. The van der Waals surface area contributed by atoms with Gasteiger partial charge in [-0.2, -0.15) is 0 Å². The number of rotatable bonds is 2. The molecule has 2 N–H and O–H groups in total. The highest BCUT2D eigenvalue weighted by Crippen LogP contribution is 2.47. The van der Waals surface area contributed by atoms with Gasteiger partial charge in [-0.15, -0.1) is 0 Å². The molecule has 0 aromatic carbocycles. The monoisotopic (exact) mass is 347 g/mol. The van der Waals surface area contributed by atoms with Crippen LogP contribution in [0, 0.1) is 17.3 Å². The van der Waals surface area contributed by atoms with Gasteiger partial charge in [-0.25, -0.2) is 0 Å². The van der Waals surface area contributed by atoms with Crippen LogP contribution in [0.5, 0.6) is 0 Å². The Bertz CT molecular complexity index is 299. The number of hydrogen-bond acceptors (Lipinski definition) is 1. The van der Waals surface area contributed by atoms with Gasteiger partial charge in [0.05, 0.1) is 0 Å². The van der Waals surface area contributed by atoms with E-state index in [-0.39, 0.29) is 0 Å². The summed E-state index contributed by atoms with van der Waals surface area (Å²) in [7, 11) is 0. The van der Waals surface area contributed by atoms with Crippen LogP contribution in [0.1, 0.15) is 52.4 Å². The molecule has 2 aliphatic carbocycles. The summed E-state index contributed by atoms with van der Waals surface area (Å²) in [5.74, 6) is 1.66. The van der Waals surface area contributed by atoms with Gasteiger partial charge in [0, 0.05) is 3.92 Å². The second-order valence-electron chi connectivity index (χ2n) is 6.41. The predicted octanol–water partition coefficient (Wildman–Crippen LogP) is 4.30. The van der Waals surface area contributed by atoms with Crippen LogP contribution in [0.3, 0.4) is 0 Å². The van der Waals surface area contributed by atoms with Crippen LogP contribution in [0.4, 0.5) is 0 Å². The van der Waals surface area contributed by atoms with Gasteiger partial charge < -0.3 is 5.73 Å². The van der Waals surface area contributed by atoms with E-state index in [0.717, 1.165) is 22.3 Å². The smallest absolute Gasteiger partial charge is 0.0319 e. The van der Waals surface area contributed by atoms with Gasteiger partial charge in [-0.1, -0.05) is 54.5 Å². The summed E-state index contributed by atoms with van der Waals surface area (Å²) in [6.07, 6.45) is 10.7. The van der Waals surface area contributed by atoms with Crippen LogP contribution in [0.25, 0.3) is 0 Å². The summed E-state index contributed by atoms with van der Waals surface area (Å²) >= 11 is 2.66. The fourth-order valence-corrected chi connectivity index (χ4v) is 4.50. The number of nitrogens with two attached hydrogens (primary N) is 1. The summed E-state index contributed by atoms with van der Waals surface area (Å²) in [5, 5.41) is 0. The highest BCUT2D eigenvalue weighted by molar-refractivity contribution is 14.1. The van der Waals surface area contributed by atoms with Crippen molar-refractivity contribution in [1.29, 1.82) is 0 Å². The van der Waals surface area contributed by atoms with Crippen molar-refractivity contribution in [2.24, 2.45) is 23.0 Å². The lowest BCUT2D eigenvalue weighted by molar-refractivity contribution is 0.166. The van der Waals surface area contributed by atoms with E-state index in [9.17, 15) is 0 Å². The molecule has 0 spiro atoms. The Hall–Kier alpha value is 0.430. The van der Waals surface area contributed by atoms with E-state index in [1.54, 1.807) is 5.57 Å². The maximum atomic E-state index is 5.84.